The molecular formula is C18H23N3. The number of nitrogens with one attached hydrogen (secondary N) is 1. The van der Waals surface area contributed by atoms with E-state index in [4.69, 9.17) is 5.73 Å². The highest BCUT2D eigenvalue weighted by Crippen LogP contribution is 2.50. The molecule has 0 radical (unpaired) electrons. The number of aromatic nitrogens is 1. The Bertz CT molecular complexity index is 588. The molecule has 1 fully saturated rings. The van der Waals surface area contributed by atoms with Crippen LogP contribution in [0.2, 0.25) is 0 Å². The minimum atomic E-state index is 0.118. The lowest BCUT2D eigenvalue weighted by molar-refractivity contribution is 0.316. The van der Waals surface area contributed by atoms with E-state index in [2.05, 4.69) is 40.6 Å². The molecule has 1 heterocycles. The van der Waals surface area contributed by atoms with Crippen molar-refractivity contribution in [1.82, 2.24) is 10.3 Å². The molecule has 1 atom stereocenters. The third-order valence-corrected chi connectivity index (χ3v) is 4.88. The fourth-order valence-corrected chi connectivity index (χ4v) is 3.91. The topological polar surface area (TPSA) is 50.9 Å². The number of hydrogen-bond acceptors (Lipinski definition) is 3. The number of rotatable bonds is 4. The third-order valence-electron chi connectivity index (χ3n) is 4.88. The second-order valence-electron chi connectivity index (χ2n) is 5.96. The number of hydrogen-bond donors (Lipinski definition) is 2. The Hall–Kier alpha value is -1.87. The van der Waals surface area contributed by atoms with Gasteiger partial charge in [0.25, 0.3) is 0 Å². The van der Waals surface area contributed by atoms with Crippen molar-refractivity contribution in [3.8, 4) is 0 Å². The molecule has 0 bridgehead atoms. The number of pyridine rings is 1. The van der Waals surface area contributed by atoms with Gasteiger partial charge in [-0.05, 0) is 31.5 Å². The Morgan fingerprint density at radius 1 is 1.14 bits per heavy atom. The van der Waals surface area contributed by atoms with E-state index in [0.29, 0.717) is 0 Å². The van der Waals surface area contributed by atoms with E-state index in [1.807, 2.05) is 19.3 Å². The van der Waals surface area contributed by atoms with E-state index in [9.17, 15) is 0 Å². The molecule has 1 unspecified atom stereocenters. The average molecular weight is 281 g/mol. The molecule has 0 saturated heterocycles. The highest BCUT2D eigenvalue weighted by molar-refractivity contribution is 5.49. The zero-order valence-corrected chi connectivity index (χ0v) is 12.5. The molecule has 0 amide bonds. The molecule has 1 saturated carbocycles. The molecule has 3 rings (SSSR count). The van der Waals surface area contributed by atoms with Crippen LogP contribution in [0, 0.1) is 0 Å². The van der Waals surface area contributed by atoms with E-state index in [-0.39, 0.29) is 11.5 Å². The van der Waals surface area contributed by atoms with Crippen molar-refractivity contribution in [1.29, 1.82) is 0 Å². The lowest BCUT2D eigenvalue weighted by Crippen LogP contribution is -2.38. The van der Waals surface area contributed by atoms with Gasteiger partial charge in [-0.2, -0.15) is 0 Å². The summed E-state index contributed by atoms with van der Waals surface area (Å²) in [4.78, 5) is 4.29. The molecule has 1 aliphatic carbocycles. The van der Waals surface area contributed by atoms with Gasteiger partial charge in [-0.25, -0.2) is 0 Å². The first-order valence-electron chi connectivity index (χ1n) is 7.70. The number of likely N-dealkylation sites (N-methyl/N-ethyl adjacent to an activating group) is 1. The van der Waals surface area contributed by atoms with Gasteiger partial charge < -0.3 is 11.1 Å². The van der Waals surface area contributed by atoms with E-state index in [0.717, 1.165) is 11.3 Å². The lowest BCUT2D eigenvalue weighted by atomic mass is 9.70. The van der Waals surface area contributed by atoms with Crippen molar-refractivity contribution in [2.24, 2.45) is 0 Å². The van der Waals surface area contributed by atoms with E-state index in [1.165, 1.54) is 31.2 Å². The van der Waals surface area contributed by atoms with Crippen molar-refractivity contribution in [3.63, 3.8) is 0 Å². The summed E-state index contributed by atoms with van der Waals surface area (Å²) < 4.78 is 0. The standard InChI is InChI=1S/C18H23N3/c1-20-17(15-13-21-12-9-16(15)19)18(10-5-6-11-18)14-7-3-2-4-8-14/h2-4,7-9,12-13,17,20H,5-6,10-11H2,1H3,(H2,19,21). The Morgan fingerprint density at radius 3 is 2.48 bits per heavy atom. The molecular weight excluding hydrogens is 258 g/mol. The summed E-state index contributed by atoms with van der Waals surface area (Å²) in [5, 5.41) is 3.52. The van der Waals surface area contributed by atoms with Crippen LogP contribution in [0.25, 0.3) is 0 Å². The smallest absolute Gasteiger partial charge is 0.0451 e. The van der Waals surface area contributed by atoms with Gasteiger partial charge >= 0.3 is 0 Å². The van der Waals surface area contributed by atoms with Gasteiger partial charge in [0.05, 0.1) is 0 Å². The fourth-order valence-electron chi connectivity index (χ4n) is 3.91. The maximum Gasteiger partial charge on any atom is 0.0451 e. The van der Waals surface area contributed by atoms with Gasteiger partial charge in [-0.1, -0.05) is 43.2 Å². The predicted octanol–water partition coefficient (Wildman–Crippen LogP) is 3.44. The highest BCUT2D eigenvalue weighted by Gasteiger charge is 2.43. The lowest BCUT2D eigenvalue weighted by Gasteiger charge is -2.39. The first kappa shape index (κ1) is 14.1. The molecule has 1 aromatic heterocycles. The SMILES string of the molecule is CNC(c1cnccc1N)C1(c2ccccc2)CCCC1. The van der Waals surface area contributed by atoms with Crippen molar-refractivity contribution in [2.45, 2.75) is 37.1 Å². The average Bonchev–Trinajstić information content (AvgIpc) is 3.01. The Balaban J connectivity index is 2.10. The van der Waals surface area contributed by atoms with Crippen LogP contribution >= 0.6 is 0 Å². The molecule has 21 heavy (non-hydrogen) atoms. The number of nitrogen functional groups attached to an aromatic ring is 1. The summed E-state index contributed by atoms with van der Waals surface area (Å²) in [6, 6.07) is 13.0. The predicted molar refractivity (Wildman–Crippen MR) is 87.0 cm³/mol. The zero-order valence-electron chi connectivity index (χ0n) is 12.5. The second-order valence-corrected chi connectivity index (χ2v) is 5.96. The molecule has 1 aliphatic rings. The van der Waals surface area contributed by atoms with Gasteiger partial charge in [0, 0.05) is 35.1 Å². The summed E-state index contributed by atoms with van der Waals surface area (Å²) in [7, 11) is 2.03. The second kappa shape index (κ2) is 5.86. The summed E-state index contributed by atoms with van der Waals surface area (Å²) >= 11 is 0. The van der Waals surface area contributed by atoms with Crippen LogP contribution in [0.1, 0.15) is 42.9 Å². The van der Waals surface area contributed by atoms with Crippen LogP contribution < -0.4 is 11.1 Å². The molecule has 3 N–H and O–H groups in total. The normalized spacial score (nSPS) is 18.5. The molecule has 3 heteroatoms. The molecule has 3 nitrogen and oxygen atoms in total. The zero-order chi connectivity index (χ0) is 14.7. The van der Waals surface area contributed by atoms with Crippen LogP contribution in [0.4, 0.5) is 5.69 Å². The molecule has 0 aliphatic heterocycles. The van der Waals surface area contributed by atoms with Crippen molar-refractivity contribution >= 4 is 5.69 Å². The quantitative estimate of drug-likeness (QED) is 0.902. The number of benzene rings is 1. The van der Waals surface area contributed by atoms with Crippen molar-refractivity contribution in [3.05, 3.63) is 59.9 Å². The molecule has 1 aromatic carbocycles. The molecule has 110 valence electrons. The Labute approximate surface area is 126 Å². The third kappa shape index (κ3) is 2.42. The summed E-state index contributed by atoms with van der Waals surface area (Å²) in [5.74, 6) is 0. The first-order valence-corrected chi connectivity index (χ1v) is 7.70. The first-order chi connectivity index (χ1) is 10.3. The number of nitrogens with zero attached hydrogens (tertiary/aromatic N) is 1. The fraction of sp³-hybridized carbons (Fsp3) is 0.389. The van der Waals surface area contributed by atoms with Gasteiger partial charge in [0.15, 0.2) is 0 Å². The largest absolute Gasteiger partial charge is 0.398 e. The number of nitrogens with two attached hydrogens (primary N) is 1. The van der Waals surface area contributed by atoms with E-state index < -0.39 is 0 Å². The van der Waals surface area contributed by atoms with Crippen LogP contribution in [0.5, 0.6) is 0 Å². The Morgan fingerprint density at radius 2 is 1.86 bits per heavy atom. The van der Waals surface area contributed by atoms with Crippen LogP contribution in [0.15, 0.2) is 48.8 Å². The van der Waals surface area contributed by atoms with E-state index in [1.54, 1.807) is 6.20 Å². The van der Waals surface area contributed by atoms with Crippen LogP contribution in [-0.2, 0) is 5.41 Å². The number of anilines is 1. The van der Waals surface area contributed by atoms with Gasteiger partial charge in [-0.15, -0.1) is 0 Å². The highest BCUT2D eigenvalue weighted by atomic mass is 14.9. The van der Waals surface area contributed by atoms with Crippen molar-refractivity contribution < 1.29 is 0 Å². The van der Waals surface area contributed by atoms with Gasteiger partial charge in [-0.3, -0.25) is 4.98 Å². The Kier molecular flexibility index (Phi) is 3.93. The van der Waals surface area contributed by atoms with Crippen molar-refractivity contribution in [2.75, 3.05) is 12.8 Å². The summed E-state index contributed by atoms with van der Waals surface area (Å²) in [6.07, 6.45) is 8.60. The minimum absolute atomic E-state index is 0.118. The maximum atomic E-state index is 6.22. The van der Waals surface area contributed by atoms with Gasteiger partial charge in [0.1, 0.15) is 0 Å². The molecule has 0 spiro atoms. The van der Waals surface area contributed by atoms with E-state index >= 15 is 0 Å². The van der Waals surface area contributed by atoms with Gasteiger partial charge in [0.2, 0.25) is 0 Å². The van der Waals surface area contributed by atoms with Crippen LogP contribution in [0.3, 0.4) is 0 Å². The molecule has 2 aromatic rings. The summed E-state index contributed by atoms with van der Waals surface area (Å²) in [5.41, 5.74) is 9.69. The summed E-state index contributed by atoms with van der Waals surface area (Å²) in [6.45, 7) is 0. The minimum Gasteiger partial charge on any atom is -0.398 e. The maximum absolute atomic E-state index is 6.22. The van der Waals surface area contributed by atoms with Crippen LogP contribution in [-0.4, -0.2) is 12.0 Å². The monoisotopic (exact) mass is 281 g/mol.